The molecule has 6 heteroatoms. The highest BCUT2D eigenvalue weighted by atomic mass is 32.1. The third kappa shape index (κ3) is 3.82. The third-order valence-electron chi connectivity index (χ3n) is 6.67. The molecule has 2 saturated heterocycles. The Balaban J connectivity index is 1.23. The fourth-order valence-electron chi connectivity index (χ4n) is 4.95. The molecule has 30 heavy (non-hydrogen) atoms. The number of benzene rings is 2. The average molecular weight is 422 g/mol. The van der Waals surface area contributed by atoms with Crippen molar-refractivity contribution < 1.29 is 9.53 Å². The fraction of sp³-hybridized carbons (Fsp3) is 0.417. The molecule has 0 aliphatic carbocycles. The number of rotatable bonds is 5. The van der Waals surface area contributed by atoms with Crippen LogP contribution >= 0.6 is 11.3 Å². The number of ether oxygens (including phenoxy) is 1. The Hall–Kier alpha value is -2.44. The van der Waals surface area contributed by atoms with E-state index in [1.54, 1.807) is 18.3 Å². The Morgan fingerprint density at radius 3 is 2.50 bits per heavy atom. The van der Waals surface area contributed by atoms with Crippen molar-refractivity contribution in [1.82, 2.24) is 14.8 Å². The predicted molar refractivity (Wildman–Crippen MR) is 120 cm³/mol. The maximum Gasteiger partial charge on any atom is 0.279 e. The zero-order valence-electron chi connectivity index (χ0n) is 17.5. The summed E-state index contributed by atoms with van der Waals surface area (Å²) in [5.41, 5.74) is 2.28. The number of hydrogen-bond donors (Lipinski definition) is 0. The summed E-state index contributed by atoms with van der Waals surface area (Å²) in [6.07, 6.45) is 4.66. The van der Waals surface area contributed by atoms with Gasteiger partial charge in [-0.3, -0.25) is 9.69 Å². The zero-order valence-corrected chi connectivity index (χ0v) is 18.3. The van der Waals surface area contributed by atoms with E-state index < -0.39 is 0 Å². The highest BCUT2D eigenvalue weighted by molar-refractivity contribution is 7.20. The van der Waals surface area contributed by atoms with Gasteiger partial charge in [-0.1, -0.05) is 35.6 Å². The molecular formula is C24H27N3O2S. The number of piperidine rings is 1. The van der Waals surface area contributed by atoms with E-state index in [0.29, 0.717) is 23.3 Å². The second kappa shape index (κ2) is 8.00. The van der Waals surface area contributed by atoms with Crippen molar-refractivity contribution in [3.05, 3.63) is 54.1 Å². The average Bonchev–Trinajstić information content (AvgIpc) is 3.24. The van der Waals surface area contributed by atoms with E-state index in [1.807, 2.05) is 42.3 Å². The minimum Gasteiger partial charge on any atom is -0.431 e. The highest BCUT2D eigenvalue weighted by Crippen LogP contribution is 2.38. The molecule has 0 radical (unpaired) electrons. The molecule has 5 rings (SSSR count). The van der Waals surface area contributed by atoms with Crippen molar-refractivity contribution in [1.29, 1.82) is 0 Å². The zero-order chi connectivity index (χ0) is 20.7. The predicted octanol–water partition coefficient (Wildman–Crippen LogP) is 5.06. The molecule has 3 heterocycles. The van der Waals surface area contributed by atoms with E-state index in [0.717, 1.165) is 35.4 Å². The van der Waals surface area contributed by atoms with Gasteiger partial charge >= 0.3 is 0 Å². The lowest BCUT2D eigenvalue weighted by Crippen LogP contribution is -2.50. The Kier molecular flexibility index (Phi) is 5.21. The number of amides is 1. The molecule has 3 aromatic rings. The van der Waals surface area contributed by atoms with Crippen molar-refractivity contribution in [2.24, 2.45) is 0 Å². The quantitative estimate of drug-likeness (QED) is 0.577. The lowest BCUT2D eigenvalue weighted by atomic mass is 9.95. The Morgan fingerprint density at radius 2 is 1.83 bits per heavy atom. The number of fused-ring (bicyclic) bond motifs is 3. The van der Waals surface area contributed by atoms with E-state index >= 15 is 0 Å². The number of carbonyl (C=O) groups is 1. The van der Waals surface area contributed by atoms with Crippen LogP contribution in [0.2, 0.25) is 0 Å². The van der Waals surface area contributed by atoms with Gasteiger partial charge in [-0.15, -0.1) is 0 Å². The van der Waals surface area contributed by atoms with Gasteiger partial charge in [-0.2, -0.15) is 0 Å². The number of para-hydroxylation sites is 1. The van der Waals surface area contributed by atoms with Crippen molar-refractivity contribution >= 4 is 27.5 Å². The van der Waals surface area contributed by atoms with Gasteiger partial charge < -0.3 is 9.64 Å². The standard InChI is InChI=1S/C24H27N3O2S/c1-16(28)26(2)20-13-18-9-10-19(14-20)27(18)15-17-7-11-21(12-8-17)29-24-25-22-5-3-4-6-23(22)30-24/h3-8,11-12,18-20H,9-10,13-15H2,1-2H3/t18-,19+,20+. The van der Waals surface area contributed by atoms with Crippen LogP contribution in [0.15, 0.2) is 48.5 Å². The van der Waals surface area contributed by atoms with Crippen LogP contribution in [0.1, 0.15) is 38.2 Å². The van der Waals surface area contributed by atoms with Crippen LogP contribution in [0.25, 0.3) is 10.2 Å². The van der Waals surface area contributed by atoms with Crippen LogP contribution in [0.3, 0.4) is 0 Å². The van der Waals surface area contributed by atoms with Gasteiger partial charge in [0.2, 0.25) is 5.91 Å². The normalized spacial score (nSPS) is 23.6. The fourth-order valence-corrected chi connectivity index (χ4v) is 5.78. The molecule has 0 N–H and O–H groups in total. The number of nitrogens with zero attached hydrogens (tertiary/aromatic N) is 3. The molecule has 1 aromatic heterocycles. The molecule has 2 bridgehead atoms. The molecule has 2 aromatic carbocycles. The summed E-state index contributed by atoms with van der Waals surface area (Å²) >= 11 is 1.57. The van der Waals surface area contributed by atoms with Gasteiger partial charge in [-0.25, -0.2) is 4.98 Å². The van der Waals surface area contributed by atoms with Crippen LogP contribution in [0, 0.1) is 0 Å². The molecule has 0 saturated carbocycles. The third-order valence-corrected chi connectivity index (χ3v) is 7.59. The van der Waals surface area contributed by atoms with Gasteiger partial charge in [0, 0.05) is 38.6 Å². The molecule has 3 atom stereocenters. The number of aromatic nitrogens is 1. The van der Waals surface area contributed by atoms with Crippen molar-refractivity contribution in [3.63, 3.8) is 0 Å². The first kappa shape index (κ1) is 19.5. The van der Waals surface area contributed by atoms with Crippen LogP contribution in [-0.4, -0.2) is 45.9 Å². The largest absolute Gasteiger partial charge is 0.431 e. The summed E-state index contributed by atoms with van der Waals surface area (Å²) in [6.45, 7) is 2.64. The minimum atomic E-state index is 0.177. The van der Waals surface area contributed by atoms with E-state index in [4.69, 9.17) is 4.74 Å². The van der Waals surface area contributed by atoms with Crippen LogP contribution in [0.4, 0.5) is 0 Å². The van der Waals surface area contributed by atoms with E-state index in [-0.39, 0.29) is 5.91 Å². The molecule has 2 aliphatic rings. The van der Waals surface area contributed by atoms with Gasteiger partial charge in [0.1, 0.15) is 5.75 Å². The van der Waals surface area contributed by atoms with Crippen molar-refractivity contribution in [2.75, 3.05) is 7.05 Å². The van der Waals surface area contributed by atoms with E-state index in [1.165, 1.54) is 18.4 Å². The summed E-state index contributed by atoms with van der Waals surface area (Å²) in [5, 5.41) is 0.679. The molecule has 156 valence electrons. The summed E-state index contributed by atoms with van der Waals surface area (Å²) in [4.78, 5) is 20.9. The second-order valence-corrected chi connectivity index (χ2v) is 9.50. The summed E-state index contributed by atoms with van der Waals surface area (Å²) in [6, 6.07) is 18.0. The minimum absolute atomic E-state index is 0.177. The SMILES string of the molecule is CC(=O)N(C)[C@H]1C[C@H]2CC[C@@H](C1)N2Cc1ccc(Oc2nc3ccccc3s2)cc1. The van der Waals surface area contributed by atoms with Crippen molar-refractivity contribution in [3.8, 4) is 10.9 Å². The number of thiazole rings is 1. The highest BCUT2D eigenvalue weighted by Gasteiger charge is 2.42. The smallest absolute Gasteiger partial charge is 0.279 e. The number of hydrogen-bond acceptors (Lipinski definition) is 5. The van der Waals surface area contributed by atoms with Gasteiger partial charge in [0.25, 0.3) is 5.19 Å². The summed E-state index contributed by atoms with van der Waals surface area (Å²) in [5.74, 6) is 0.999. The molecular weight excluding hydrogens is 394 g/mol. The lowest BCUT2D eigenvalue weighted by Gasteiger charge is -2.42. The molecule has 5 nitrogen and oxygen atoms in total. The molecule has 0 spiro atoms. The summed E-state index contributed by atoms with van der Waals surface area (Å²) in [7, 11) is 1.95. The first-order valence-electron chi connectivity index (χ1n) is 10.7. The van der Waals surface area contributed by atoms with Crippen LogP contribution in [-0.2, 0) is 11.3 Å². The van der Waals surface area contributed by atoms with E-state index in [2.05, 4.69) is 28.1 Å². The maximum atomic E-state index is 11.8. The van der Waals surface area contributed by atoms with E-state index in [9.17, 15) is 4.79 Å². The first-order chi connectivity index (χ1) is 14.6. The van der Waals surface area contributed by atoms with Gasteiger partial charge in [0.15, 0.2) is 0 Å². The maximum absolute atomic E-state index is 11.8. The van der Waals surface area contributed by atoms with Crippen LogP contribution < -0.4 is 4.74 Å². The first-order valence-corrected chi connectivity index (χ1v) is 11.5. The van der Waals surface area contributed by atoms with Gasteiger partial charge in [0.05, 0.1) is 10.2 Å². The monoisotopic (exact) mass is 421 g/mol. The Morgan fingerprint density at radius 1 is 1.13 bits per heavy atom. The Labute approximate surface area is 181 Å². The molecule has 0 unspecified atom stereocenters. The molecule has 1 amide bonds. The Bertz CT molecular complexity index is 1000. The van der Waals surface area contributed by atoms with Gasteiger partial charge in [-0.05, 0) is 55.5 Å². The number of carbonyl (C=O) groups excluding carboxylic acids is 1. The topological polar surface area (TPSA) is 45.7 Å². The van der Waals surface area contributed by atoms with Crippen molar-refractivity contribution in [2.45, 2.75) is 57.3 Å². The second-order valence-electron chi connectivity index (χ2n) is 8.51. The molecule has 2 aliphatic heterocycles. The lowest BCUT2D eigenvalue weighted by molar-refractivity contribution is -0.131. The summed E-state index contributed by atoms with van der Waals surface area (Å²) < 4.78 is 7.12. The van der Waals surface area contributed by atoms with Crippen LogP contribution in [0.5, 0.6) is 10.9 Å². The molecule has 2 fully saturated rings.